The van der Waals surface area contributed by atoms with E-state index in [1.165, 1.54) is 24.3 Å². The van der Waals surface area contributed by atoms with Crippen LogP contribution in [-0.2, 0) is 0 Å². The van der Waals surface area contributed by atoms with Gasteiger partial charge >= 0.3 is 0 Å². The largest absolute Gasteiger partial charge is 0.459 e. The van der Waals surface area contributed by atoms with Crippen LogP contribution in [0, 0.1) is 18.6 Å². The van der Waals surface area contributed by atoms with Gasteiger partial charge in [0.05, 0.1) is 11.1 Å². The van der Waals surface area contributed by atoms with E-state index in [2.05, 4.69) is 0 Å². The predicted octanol–water partition coefficient (Wildman–Crippen LogP) is 4.72. The van der Waals surface area contributed by atoms with Gasteiger partial charge in [-0.1, -0.05) is 17.7 Å². The molecule has 1 atom stereocenters. The van der Waals surface area contributed by atoms with Crippen molar-refractivity contribution in [3.05, 3.63) is 69.9 Å². The summed E-state index contributed by atoms with van der Waals surface area (Å²) in [5.74, 6) is -0.365. The number of fused-ring (bicyclic) bond motifs is 1. The van der Waals surface area contributed by atoms with Crippen molar-refractivity contribution in [1.82, 2.24) is 0 Å². The van der Waals surface area contributed by atoms with Gasteiger partial charge < -0.3 is 10.2 Å². The topological polar surface area (TPSA) is 39.2 Å². The predicted molar refractivity (Wildman–Crippen MR) is 78.3 cm³/mol. The van der Waals surface area contributed by atoms with E-state index in [1.54, 1.807) is 12.1 Å². The number of aryl methyl sites for hydroxylation is 1. The van der Waals surface area contributed by atoms with Gasteiger partial charge in [0.1, 0.15) is 23.0 Å². The monoisotopic (exact) mass is 307 g/mol. The minimum atomic E-state index is -0.599. The Bertz CT molecular complexity index is 829. The molecule has 2 nitrogen and oxygen atoms in total. The van der Waals surface area contributed by atoms with E-state index < -0.39 is 11.9 Å². The zero-order valence-corrected chi connectivity index (χ0v) is 11.9. The van der Waals surface area contributed by atoms with Crippen LogP contribution in [0.25, 0.3) is 11.0 Å². The number of furan rings is 1. The molecule has 2 N–H and O–H groups in total. The molecule has 3 aromatic rings. The highest BCUT2D eigenvalue weighted by Gasteiger charge is 2.19. The highest BCUT2D eigenvalue weighted by Crippen LogP contribution is 2.32. The molecular weight excluding hydrogens is 296 g/mol. The molecule has 0 bridgehead atoms. The summed E-state index contributed by atoms with van der Waals surface area (Å²) in [6.07, 6.45) is 0. The summed E-state index contributed by atoms with van der Waals surface area (Å²) in [5.41, 5.74) is 8.07. The molecule has 0 aliphatic carbocycles. The van der Waals surface area contributed by atoms with Crippen LogP contribution in [-0.4, -0.2) is 0 Å². The van der Waals surface area contributed by atoms with Crippen molar-refractivity contribution in [3.63, 3.8) is 0 Å². The number of benzene rings is 2. The van der Waals surface area contributed by atoms with Gasteiger partial charge in [0, 0.05) is 17.0 Å². The third-order valence-corrected chi connectivity index (χ3v) is 3.81. The molecule has 1 aromatic heterocycles. The van der Waals surface area contributed by atoms with E-state index >= 15 is 0 Å². The maximum absolute atomic E-state index is 13.2. The van der Waals surface area contributed by atoms with E-state index in [0.717, 1.165) is 10.9 Å². The molecule has 2 aromatic carbocycles. The maximum Gasteiger partial charge on any atom is 0.141 e. The van der Waals surface area contributed by atoms with Crippen LogP contribution in [0.2, 0.25) is 5.02 Å². The third-order valence-electron chi connectivity index (χ3n) is 3.52. The van der Waals surface area contributed by atoms with Crippen molar-refractivity contribution < 1.29 is 13.2 Å². The van der Waals surface area contributed by atoms with Crippen LogP contribution in [0.1, 0.15) is 22.9 Å². The fraction of sp³-hybridized carbons (Fsp3) is 0.125. The fourth-order valence-electron chi connectivity index (χ4n) is 2.37. The Balaban J connectivity index is 2.10. The van der Waals surface area contributed by atoms with E-state index in [-0.39, 0.29) is 10.8 Å². The maximum atomic E-state index is 13.2. The van der Waals surface area contributed by atoms with Crippen molar-refractivity contribution in [3.8, 4) is 0 Å². The van der Waals surface area contributed by atoms with E-state index in [1.807, 2.05) is 6.92 Å². The SMILES string of the molecule is Cc1c(C(N)c2ccc(F)c(Cl)c2)oc2cc(F)ccc12. The summed E-state index contributed by atoms with van der Waals surface area (Å²) in [6.45, 7) is 1.85. The van der Waals surface area contributed by atoms with Gasteiger partial charge in [0.25, 0.3) is 0 Å². The van der Waals surface area contributed by atoms with E-state index in [0.29, 0.717) is 16.9 Å². The summed E-state index contributed by atoms with van der Waals surface area (Å²) in [7, 11) is 0. The fourth-order valence-corrected chi connectivity index (χ4v) is 2.56. The first-order valence-electron chi connectivity index (χ1n) is 6.36. The zero-order chi connectivity index (χ0) is 15.1. The Labute approximate surface area is 125 Å². The number of nitrogens with two attached hydrogens (primary N) is 1. The number of hydrogen-bond donors (Lipinski definition) is 1. The molecule has 108 valence electrons. The van der Waals surface area contributed by atoms with Crippen molar-refractivity contribution >= 4 is 22.6 Å². The first-order valence-corrected chi connectivity index (χ1v) is 6.74. The highest BCUT2D eigenvalue weighted by molar-refractivity contribution is 6.30. The Morgan fingerprint density at radius 3 is 2.62 bits per heavy atom. The van der Waals surface area contributed by atoms with E-state index in [4.69, 9.17) is 21.8 Å². The van der Waals surface area contributed by atoms with Crippen LogP contribution in [0.3, 0.4) is 0 Å². The Kier molecular flexibility index (Phi) is 3.43. The van der Waals surface area contributed by atoms with Gasteiger partial charge in [-0.05, 0) is 36.8 Å². The molecule has 1 heterocycles. The molecule has 0 amide bonds. The Morgan fingerprint density at radius 1 is 1.14 bits per heavy atom. The molecule has 21 heavy (non-hydrogen) atoms. The molecule has 0 aliphatic rings. The lowest BCUT2D eigenvalue weighted by molar-refractivity contribution is 0.518. The average Bonchev–Trinajstić information content (AvgIpc) is 2.77. The minimum absolute atomic E-state index is 0.00255. The Morgan fingerprint density at radius 2 is 1.90 bits per heavy atom. The molecule has 3 rings (SSSR count). The van der Waals surface area contributed by atoms with Gasteiger partial charge in [-0.2, -0.15) is 0 Å². The molecule has 0 saturated carbocycles. The minimum Gasteiger partial charge on any atom is -0.459 e. The first kappa shape index (κ1) is 14.0. The molecule has 0 radical (unpaired) electrons. The lowest BCUT2D eigenvalue weighted by Gasteiger charge is -2.11. The standard InChI is InChI=1S/C16H12ClF2NO/c1-8-11-4-3-10(18)7-14(11)21-16(8)15(20)9-2-5-13(19)12(17)6-9/h2-7,15H,20H2,1H3. The van der Waals surface area contributed by atoms with Crippen LogP contribution in [0.4, 0.5) is 8.78 Å². The summed E-state index contributed by atoms with van der Waals surface area (Å²) in [4.78, 5) is 0. The average molecular weight is 308 g/mol. The summed E-state index contributed by atoms with van der Waals surface area (Å²) in [6, 6.07) is 8.02. The summed E-state index contributed by atoms with van der Waals surface area (Å²) >= 11 is 5.77. The zero-order valence-electron chi connectivity index (χ0n) is 11.2. The van der Waals surface area contributed by atoms with Crippen LogP contribution >= 0.6 is 11.6 Å². The van der Waals surface area contributed by atoms with Crippen LogP contribution in [0.15, 0.2) is 40.8 Å². The van der Waals surface area contributed by atoms with Crippen LogP contribution < -0.4 is 5.73 Å². The van der Waals surface area contributed by atoms with Gasteiger partial charge in [-0.15, -0.1) is 0 Å². The van der Waals surface area contributed by atoms with Gasteiger partial charge in [0.15, 0.2) is 0 Å². The van der Waals surface area contributed by atoms with Gasteiger partial charge in [0.2, 0.25) is 0 Å². The Hall–Kier alpha value is -1.91. The van der Waals surface area contributed by atoms with E-state index in [9.17, 15) is 8.78 Å². The number of halogens is 3. The molecule has 1 unspecified atom stereocenters. The third kappa shape index (κ3) is 2.41. The molecule has 0 saturated heterocycles. The van der Waals surface area contributed by atoms with Gasteiger partial charge in [-0.25, -0.2) is 8.78 Å². The van der Waals surface area contributed by atoms with Crippen LogP contribution in [0.5, 0.6) is 0 Å². The summed E-state index contributed by atoms with van der Waals surface area (Å²) in [5, 5.41) is 0.804. The van der Waals surface area contributed by atoms with Crippen molar-refractivity contribution in [2.45, 2.75) is 13.0 Å². The quantitative estimate of drug-likeness (QED) is 0.744. The molecule has 0 aliphatic heterocycles. The second kappa shape index (κ2) is 5.13. The highest BCUT2D eigenvalue weighted by atomic mass is 35.5. The molecular formula is C16H12ClF2NO. The first-order chi connectivity index (χ1) is 9.97. The van der Waals surface area contributed by atoms with Crippen molar-refractivity contribution in [1.29, 1.82) is 0 Å². The second-order valence-corrected chi connectivity index (χ2v) is 5.29. The lowest BCUT2D eigenvalue weighted by atomic mass is 10.0. The van der Waals surface area contributed by atoms with Crippen molar-refractivity contribution in [2.24, 2.45) is 5.73 Å². The van der Waals surface area contributed by atoms with Gasteiger partial charge in [-0.3, -0.25) is 0 Å². The number of rotatable bonds is 2. The molecule has 0 fully saturated rings. The normalized spacial score (nSPS) is 12.8. The number of hydrogen-bond acceptors (Lipinski definition) is 2. The second-order valence-electron chi connectivity index (χ2n) is 4.88. The van der Waals surface area contributed by atoms with Crippen molar-refractivity contribution in [2.75, 3.05) is 0 Å². The summed E-state index contributed by atoms with van der Waals surface area (Å²) < 4.78 is 32.1. The molecule has 5 heteroatoms. The molecule has 0 spiro atoms. The smallest absolute Gasteiger partial charge is 0.141 e. The lowest BCUT2D eigenvalue weighted by Crippen LogP contribution is -2.12.